The Labute approximate surface area is 145 Å². The lowest BCUT2D eigenvalue weighted by Gasteiger charge is -2.15. The third-order valence-electron chi connectivity index (χ3n) is 4.10. The Hall–Kier alpha value is -1.51. The predicted molar refractivity (Wildman–Crippen MR) is 93.7 cm³/mol. The molecule has 3 rings (SSSR count). The molecule has 1 aromatic heterocycles. The lowest BCUT2D eigenvalue weighted by Crippen LogP contribution is -2.41. The van der Waals surface area contributed by atoms with Crippen LogP contribution in [0.4, 0.5) is 0 Å². The van der Waals surface area contributed by atoms with Gasteiger partial charge in [-0.05, 0) is 31.9 Å². The molecule has 8 heteroatoms. The first kappa shape index (κ1) is 17.3. The highest BCUT2D eigenvalue weighted by atomic mass is 32.2. The second kappa shape index (κ2) is 7.16. The van der Waals surface area contributed by atoms with Crippen LogP contribution in [0.15, 0.2) is 24.3 Å². The van der Waals surface area contributed by atoms with Crippen molar-refractivity contribution in [1.29, 1.82) is 0 Å². The number of carbonyl (C=O) groups is 1. The number of thiazole rings is 1. The van der Waals surface area contributed by atoms with Crippen molar-refractivity contribution in [2.75, 3.05) is 13.2 Å². The molecule has 1 N–H and O–H groups in total. The summed E-state index contributed by atoms with van der Waals surface area (Å²) < 4.78 is 31.3. The first-order chi connectivity index (χ1) is 11.5. The second-order valence-electron chi connectivity index (χ2n) is 5.90. The number of ether oxygens (including phenoxy) is 1. The molecule has 1 saturated heterocycles. The molecule has 0 bridgehead atoms. The summed E-state index contributed by atoms with van der Waals surface area (Å²) in [5, 5.41) is 2.09. The molecule has 1 aliphatic rings. The highest BCUT2D eigenvalue weighted by Crippen LogP contribution is 2.24. The normalized spacial score (nSPS) is 19.5. The van der Waals surface area contributed by atoms with Crippen molar-refractivity contribution < 1.29 is 17.9 Å². The SMILES string of the molecule is C[C@@H](C(=O)NC[C@@H]1CCCO1)S(=O)(=O)Cc1nc2ccccc2s1. The van der Waals surface area contributed by atoms with E-state index in [2.05, 4.69) is 10.3 Å². The fraction of sp³-hybridized carbons (Fsp3) is 0.500. The molecule has 0 aliphatic carbocycles. The van der Waals surface area contributed by atoms with Crippen molar-refractivity contribution in [2.45, 2.75) is 36.9 Å². The topological polar surface area (TPSA) is 85.4 Å². The van der Waals surface area contributed by atoms with Gasteiger partial charge in [-0.1, -0.05) is 12.1 Å². The number of nitrogens with one attached hydrogen (secondary N) is 1. The van der Waals surface area contributed by atoms with Crippen LogP contribution < -0.4 is 5.32 Å². The molecule has 1 amide bonds. The standard InChI is InChI=1S/C16H20N2O4S2/c1-11(16(19)17-9-12-5-4-8-22-12)24(20,21)10-15-18-13-6-2-3-7-14(13)23-15/h2-3,6-7,11-12H,4-5,8-10H2,1H3,(H,17,19)/t11-,12-/m0/s1. The number of nitrogens with zero attached hydrogens (tertiary/aromatic N) is 1. The number of benzene rings is 1. The smallest absolute Gasteiger partial charge is 0.238 e. The van der Waals surface area contributed by atoms with Crippen LogP contribution in [0.25, 0.3) is 10.2 Å². The quantitative estimate of drug-likeness (QED) is 0.842. The van der Waals surface area contributed by atoms with Gasteiger partial charge < -0.3 is 10.1 Å². The summed E-state index contributed by atoms with van der Waals surface area (Å²) in [6.07, 6.45) is 1.87. The average molecular weight is 368 g/mol. The van der Waals surface area contributed by atoms with Crippen molar-refractivity contribution in [1.82, 2.24) is 10.3 Å². The van der Waals surface area contributed by atoms with E-state index in [1.54, 1.807) is 0 Å². The molecular formula is C16H20N2O4S2. The van der Waals surface area contributed by atoms with E-state index in [1.807, 2.05) is 24.3 Å². The molecule has 0 unspecified atom stereocenters. The highest BCUT2D eigenvalue weighted by molar-refractivity contribution is 7.92. The number of hydrogen-bond acceptors (Lipinski definition) is 6. The van der Waals surface area contributed by atoms with Gasteiger partial charge in [-0.2, -0.15) is 0 Å². The van der Waals surface area contributed by atoms with Crippen LogP contribution in [0, 0.1) is 0 Å². The number of fused-ring (bicyclic) bond motifs is 1. The molecular weight excluding hydrogens is 348 g/mol. The summed E-state index contributed by atoms with van der Waals surface area (Å²) >= 11 is 1.35. The van der Waals surface area contributed by atoms with E-state index in [-0.39, 0.29) is 11.9 Å². The molecule has 0 saturated carbocycles. The molecule has 130 valence electrons. The fourth-order valence-electron chi connectivity index (χ4n) is 2.61. The van der Waals surface area contributed by atoms with Gasteiger partial charge >= 0.3 is 0 Å². The number of carbonyl (C=O) groups excluding carboxylic acids is 1. The third kappa shape index (κ3) is 3.93. The zero-order valence-electron chi connectivity index (χ0n) is 13.4. The minimum atomic E-state index is -3.61. The Morgan fingerprint density at radius 1 is 1.46 bits per heavy atom. The number of rotatable bonds is 6. The maximum absolute atomic E-state index is 12.5. The first-order valence-electron chi connectivity index (χ1n) is 7.91. The number of sulfone groups is 1. The maximum atomic E-state index is 12.5. The first-order valence-corrected chi connectivity index (χ1v) is 10.4. The van der Waals surface area contributed by atoms with E-state index in [4.69, 9.17) is 4.74 Å². The predicted octanol–water partition coefficient (Wildman–Crippen LogP) is 1.89. The van der Waals surface area contributed by atoms with Crippen LogP contribution in [0.3, 0.4) is 0 Å². The lowest BCUT2D eigenvalue weighted by atomic mass is 10.2. The van der Waals surface area contributed by atoms with Crippen molar-refractivity contribution in [3.63, 3.8) is 0 Å². The van der Waals surface area contributed by atoms with Crippen molar-refractivity contribution >= 4 is 37.3 Å². The van der Waals surface area contributed by atoms with E-state index in [9.17, 15) is 13.2 Å². The Kier molecular flexibility index (Phi) is 5.17. The molecule has 0 radical (unpaired) electrons. The zero-order chi connectivity index (χ0) is 17.2. The number of amides is 1. The van der Waals surface area contributed by atoms with Gasteiger partial charge in [-0.15, -0.1) is 11.3 Å². The summed E-state index contributed by atoms with van der Waals surface area (Å²) in [5.74, 6) is -0.701. The second-order valence-corrected chi connectivity index (χ2v) is 9.34. The van der Waals surface area contributed by atoms with Gasteiger partial charge in [0.05, 0.1) is 16.3 Å². The molecule has 2 aromatic rings. The number of hydrogen-bond donors (Lipinski definition) is 1. The van der Waals surface area contributed by atoms with E-state index in [0.717, 1.165) is 23.1 Å². The van der Waals surface area contributed by atoms with E-state index in [0.29, 0.717) is 18.2 Å². The van der Waals surface area contributed by atoms with Crippen LogP contribution in [0.2, 0.25) is 0 Å². The summed E-state index contributed by atoms with van der Waals surface area (Å²) in [7, 11) is -3.61. The van der Waals surface area contributed by atoms with Crippen LogP contribution in [-0.2, 0) is 25.1 Å². The van der Waals surface area contributed by atoms with Gasteiger partial charge in [0.15, 0.2) is 9.84 Å². The fourth-order valence-corrected chi connectivity index (χ4v) is 5.16. The van der Waals surface area contributed by atoms with Gasteiger partial charge in [0.2, 0.25) is 5.91 Å². The summed E-state index contributed by atoms with van der Waals surface area (Å²) in [6.45, 7) is 2.49. The zero-order valence-corrected chi connectivity index (χ0v) is 15.0. The van der Waals surface area contributed by atoms with Gasteiger partial charge in [-0.3, -0.25) is 4.79 Å². The van der Waals surface area contributed by atoms with Crippen molar-refractivity contribution in [2.24, 2.45) is 0 Å². The Balaban J connectivity index is 1.63. The minimum absolute atomic E-state index is 0.00637. The van der Waals surface area contributed by atoms with Crippen LogP contribution in [0.1, 0.15) is 24.8 Å². The van der Waals surface area contributed by atoms with Gasteiger partial charge in [0, 0.05) is 13.2 Å². The summed E-state index contributed by atoms with van der Waals surface area (Å²) in [4.78, 5) is 16.5. The molecule has 2 atom stereocenters. The van der Waals surface area contributed by atoms with Crippen LogP contribution in [0.5, 0.6) is 0 Å². The Morgan fingerprint density at radius 2 is 2.25 bits per heavy atom. The molecule has 24 heavy (non-hydrogen) atoms. The van der Waals surface area contributed by atoms with E-state index in [1.165, 1.54) is 18.3 Å². The Bertz CT molecular complexity index is 792. The molecule has 1 fully saturated rings. The van der Waals surface area contributed by atoms with Crippen LogP contribution >= 0.6 is 11.3 Å². The molecule has 1 aromatic carbocycles. The third-order valence-corrected chi connectivity index (χ3v) is 7.29. The highest BCUT2D eigenvalue weighted by Gasteiger charge is 2.30. The Morgan fingerprint density at radius 3 is 2.96 bits per heavy atom. The molecule has 0 spiro atoms. The summed E-state index contributed by atoms with van der Waals surface area (Å²) in [5.41, 5.74) is 0.781. The largest absolute Gasteiger partial charge is 0.376 e. The van der Waals surface area contributed by atoms with Crippen LogP contribution in [-0.4, -0.2) is 43.8 Å². The molecule has 6 nitrogen and oxygen atoms in total. The number of aromatic nitrogens is 1. The minimum Gasteiger partial charge on any atom is -0.376 e. The molecule has 2 heterocycles. The van der Waals surface area contributed by atoms with Gasteiger partial charge in [0.1, 0.15) is 16.0 Å². The van der Waals surface area contributed by atoms with Gasteiger partial charge in [-0.25, -0.2) is 13.4 Å². The molecule has 1 aliphatic heterocycles. The van der Waals surface area contributed by atoms with E-state index < -0.39 is 21.0 Å². The average Bonchev–Trinajstić information content (AvgIpc) is 3.19. The monoisotopic (exact) mass is 368 g/mol. The number of para-hydroxylation sites is 1. The van der Waals surface area contributed by atoms with Gasteiger partial charge in [0.25, 0.3) is 0 Å². The van der Waals surface area contributed by atoms with Crippen molar-refractivity contribution in [3.05, 3.63) is 29.3 Å². The van der Waals surface area contributed by atoms with Crippen molar-refractivity contribution in [3.8, 4) is 0 Å². The lowest BCUT2D eigenvalue weighted by molar-refractivity contribution is -0.120. The maximum Gasteiger partial charge on any atom is 0.238 e. The summed E-state index contributed by atoms with van der Waals surface area (Å²) in [6, 6.07) is 7.50. The van der Waals surface area contributed by atoms with E-state index >= 15 is 0 Å².